The van der Waals surface area contributed by atoms with E-state index in [-0.39, 0.29) is 12.0 Å². The zero-order valence-corrected chi connectivity index (χ0v) is 18.7. The fourth-order valence-corrected chi connectivity index (χ4v) is 4.12. The summed E-state index contributed by atoms with van der Waals surface area (Å²) in [6.45, 7) is 2.58. The predicted molar refractivity (Wildman–Crippen MR) is 120 cm³/mol. The zero-order valence-electron chi connectivity index (χ0n) is 17.9. The van der Waals surface area contributed by atoms with Gasteiger partial charge in [-0.3, -0.25) is 4.79 Å². The largest absolute Gasteiger partial charge is 0.490 e. The molecule has 0 spiro atoms. The van der Waals surface area contributed by atoms with E-state index < -0.39 is 11.9 Å². The van der Waals surface area contributed by atoms with Crippen LogP contribution in [0.25, 0.3) is 0 Å². The first-order valence-electron chi connectivity index (χ1n) is 10.5. The summed E-state index contributed by atoms with van der Waals surface area (Å²) in [6.07, 6.45) is 3.66. The number of halogens is 1. The molecule has 3 aromatic rings. The number of nitrogens with zero attached hydrogens (tertiary/aromatic N) is 2. The molecule has 7 nitrogen and oxygen atoms in total. The highest BCUT2D eigenvalue weighted by molar-refractivity contribution is 6.30. The molecule has 2 unspecified atom stereocenters. The molecule has 0 saturated carbocycles. The molecule has 4 rings (SSSR count). The average Bonchev–Trinajstić information content (AvgIpc) is 3.21. The number of imidazole rings is 1. The molecule has 8 heteroatoms. The van der Waals surface area contributed by atoms with E-state index in [0.29, 0.717) is 41.9 Å². The zero-order chi connectivity index (χ0) is 22.7. The second kappa shape index (κ2) is 9.53. The van der Waals surface area contributed by atoms with Crippen LogP contribution < -0.4 is 14.2 Å². The van der Waals surface area contributed by atoms with Crippen molar-refractivity contribution in [1.82, 2.24) is 9.55 Å². The van der Waals surface area contributed by atoms with Gasteiger partial charge in [0.2, 0.25) is 0 Å². The normalized spacial score (nSPS) is 16.9. The SMILES string of the molecule is CCC(C(=O)O)C(c1ccc(OC[C@H]2COc3ccc(Cl)cc3O2)cc1)c1cncn1C. The van der Waals surface area contributed by atoms with Crippen LogP contribution in [0.4, 0.5) is 0 Å². The number of carboxylic acid groups (broad SMARTS) is 1. The highest BCUT2D eigenvalue weighted by Crippen LogP contribution is 2.36. The fraction of sp³-hybridized carbons (Fsp3) is 0.333. The van der Waals surface area contributed by atoms with Crippen LogP contribution in [0.2, 0.25) is 5.02 Å². The van der Waals surface area contributed by atoms with Gasteiger partial charge in [-0.2, -0.15) is 0 Å². The molecule has 1 aliphatic rings. The maximum absolute atomic E-state index is 11.9. The number of fused-ring (bicyclic) bond motifs is 1. The van der Waals surface area contributed by atoms with Crippen molar-refractivity contribution in [2.24, 2.45) is 13.0 Å². The van der Waals surface area contributed by atoms with Gasteiger partial charge in [0.25, 0.3) is 0 Å². The molecule has 2 aromatic carbocycles. The lowest BCUT2D eigenvalue weighted by Crippen LogP contribution is -2.34. The minimum Gasteiger partial charge on any atom is -0.490 e. The Kier molecular flexibility index (Phi) is 6.55. The molecule has 0 amide bonds. The van der Waals surface area contributed by atoms with E-state index in [1.54, 1.807) is 30.7 Å². The molecule has 32 heavy (non-hydrogen) atoms. The first-order valence-corrected chi connectivity index (χ1v) is 10.8. The van der Waals surface area contributed by atoms with Crippen molar-refractivity contribution in [3.63, 3.8) is 0 Å². The number of rotatable bonds is 8. The lowest BCUT2D eigenvalue weighted by molar-refractivity contribution is -0.142. The summed E-state index contributed by atoms with van der Waals surface area (Å²) < 4.78 is 19.4. The van der Waals surface area contributed by atoms with Gasteiger partial charge in [-0.1, -0.05) is 30.7 Å². The van der Waals surface area contributed by atoms with E-state index in [0.717, 1.165) is 11.3 Å². The summed E-state index contributed by atoms with van der Waals surface area (Å²) in [7, 11) is 1.87. The van der Waals surface area contributed by atoms with Crippen LogP contribution in [0.3, 0.4) is 0 Å². The van der Waals surface area contributed by atoms with Crippen LogP contribution in [0.5, 0.6) is 17.2 Å². The van der Waals surface area contributed by atoms with Gasteiger partial charge in [0.1, 0.15) is 19.0 Å². The van der Waals surface area contributed by atoms with Gasteiger partial charge >= 0.3 is 5.97 Å². The summed E-state index contributed by atoms with van der Waals surface area (Å²) in [6, 6.07) is 12.8. The van der Waals surface area contributed by atoms with E-state index in [9.17, 15) is 9.90 Å². The van der Waals surface area contributed by atoms with Crippen molar-refractivity contribution in [3.8, 4) is 17.2 Å². The minimum absolute atomic E-state index is 0.265. The Bertz CT molecular complexity index is 1080. The van der Waals surface area contributed by atoms with Gasteiger partial charge < -0.3 is 23.9 Å². The maximum Gasteiger partial charge on any atom is 0.307 e. The molecule has 1 aromatic heterocycles. The summed E-state index contributed by atoms with van der Waals surface area (Å²) in [5, 5.41) is 10.4. The Morgan fingerprint density at radius 1 is 1.28 bits per heavy atom. The van der Waals surface area contributed by atoms with E-state index >= 15 is 0 Å². The lowest BCUT2D eigenvalue weighted by Gasteiger charge is -2.27. The molecule has 3 atom stereocenters. The molecule has 2 heterocycles. The Balaban J connectivity index is 1.46. The smallest absolute Gasteiger partial charge is 0.307 e. The second-order valence-electron chi connectivity index (χ2n) is 7.78. The maximum atomic E-state index is 11.9. The van der Waals surface area contributed by atoms with Crippen molar-refractivity contribution in [2.75, 3.05) is 13.2 Å². The molecular weight excluding hydrogens is 432 g/mol. The van der Waals surface area contributed by atoms with Gasteiger partial charge in [-0.25, -0.2) is 4.98 Å². The predicted octanol–water partition coefficient (Wildman–Crippen LogP) is 4.54. The lowest BCUT2D eigenvalue weighted by atomic mass is 9.82. The molecule has 1 aliphatic heterocycles. The molecular formula is C24H25ClN2O5. The van der Waals surface area contributed by atoms with Gasteiger partial charge in [0.05, 0.1) is 12.2 Å². The third-order valence-corrected chi connectivity index (χ3v) is 5.87. The van der Waals surface area contributed by atoms with E-state index in [1.165, 1.54) is 0 Å². The van der Waals surface area contributed by atoms with E-state index in [4.69, 9.17) is 25.8 Å². The van der Waals surface area contributed by atoms with Gasteiger partial charge in [0, 0.05) is 35.9 Å². The third kappa shape index (κ3) is 4.67. The van der Waals surface area contributed by atoms with Gasteiger partial charge in [-0.15, -0.1) is 0 Å². The Morgan fingerprint density at radius 3 is 2.72 bits per heavy atom. The summed E-state index contributed by atoms with van der Waals surface area (Å²) >= 11 is 6.03. The number of hydrogen-bond acceptors (Lipinski definition) is 5. The van der Waals surface area contributed by atoms with Gasteiger partial charge in [0.15, 0.2) is 17.6 Å². The Labute approximate surface area is 191 Å². The number of carbonyl (C=O) groups is 1. The van der Waals surface area contributed by atoms with Crippen molar-refractivity contribution < 1.29 is 24.1 Å². The third-order valence-electron chi connectivity index (χ3n) is 5.63. The number of aromatic nitrogens is 2. The molecule has 0 radical (unpaired) electrons. The number of hydrogen-bond donors (Lipinski definition) is 1. The van der Waals surface area contributed by atoms with Crippen LogP contribution in [0.1, 0.15) is 30.5 Å². The highest BCUT2D eigenvalue weighted by atomic mass is 35.5. The van der Waals surface area contributed by atoms with Crippen LogP contribution in [0.15, 0.2) is 55.0 Å². The standard InChI is InChI=1S/C24H25ClN2O5/c1-3-19(24(28)29)23(20-11-26-14-27(20)2)15-4-7-17(8-5-15)30-12-18-13-31-21-9-6-16(25)10-22(21)32-18/h4-11,14,18-19,23H,3,12-13H2,1-2H3,(H,28,29)/t18-,19?,23?/m0/s1. The topological polar surface area (TPSA) is 82.8 Å². The Morgan fingerprint density at radius 2 is 2.06 bits per heavy atom. The molecule has 1 N–H and O–H groups in total. The first-order chi connectivity index (χ1) is 15.5. The summed E-state index contributed by atoms with van der Waals surface area (Å²) in [4.78, 5) is 16.1. The highest BCUT2D eigenvalue weighted by Gasteiger charge is 2.31. The monoisotopic (exact) mass is 456 g/mol. The summed E-state index contributed by atoms with van der Waals surface area (Å²) in [5.41, 5.74) is 1.76. The van der Waals surface area contributed by atoms with Gasteiger partial charge in [-0.05, 0) is 36.2 Å². The quantitative estimate of drug-likeness (QED) is 0.536. The Hall–Kier alpha value is -3.19. The molecule has 0 fully saturated rings. The minimum atomic E-state index is -0.825. The molecule has 0 aliphatic carbocycles. The average molecular weight is 457 g/mol. The number of benzene rings is 2. The van der Waals surface area contributed by atoms with Crippen molar-refractivity contribution >= 4 is 17.6 Å². The number of aliphatic carboxylic acids is 1. The number of aryl methyl sites for hydroxylation is 1. The molecule has 0 bridgehead atoms. The molecule has 168 valence electrons. The number of carboxylic acids is 1. The van der Waals surface area contributed by atoms with Crippen LogP contribution in [0, 0.1) is 5.92 Å². The summed E-state index contributed by atoms with van der Waals surface area (Å²) in [5.74, 6) is 0.244. The van der Waals surface area contributed by atoms with Crippen molar-refractivity contribution in [2.45, 2.75) is 25.4 Å². The van der Waals surface area contributed by atoms with Crippen LogP contribution >= 0.6 is 11.6 Å². The van der Waals surface area contributed by atoms with Crippen LogP contribution in [-0.4, -0.2) is 39.9 Å². The molecule has 0 saturated heterocycles. The van der Waals surface area contributed by atoms with Crippen molar-refractivity contribution in [1.29, 1.82) is 0 Å². The second-order valence-corrected chi connectivity index (χ2v) is 8.22. The first kappa shape index (κ1) is 22.0. The van der Waals surface area contributed by atoms with Crippen LogP contribution in [-0.2, 0) is 11.8 Å². The fourth-order valence-electron chi connectivity index (χ4n) is 3.96. The van der Waals surface area contributed by atoms with E-state index in [2.05, 4.69) is 4.98 Å². The number of ether oxygens (including phenoxy) is 3. The van der Waals surface area contributed by atoms with Crippen molar-refractivity contribution in [3.05, 3.63) is 71.3 Å². The van der Waals surface area contributed by atoms with E-state index in [1.807, 2.05) is 42.8 Å².